The minimum Gasteiger partial charge on any atom is -0.467 e. The Morgan fingerprint density at radius 3 is 2.80 bits per heavy atom. The van der Waals surface area contributed by atoms with Crippen LogP contribution in [0.3, 0.4) is 0 Å². The summed E-state index contributed by atoms with van der Waals surface area (Å²) in [4.78, 5) is 11.8. The second kappa shape index (κ2) is 5.40. The molecule has 0 spiro atoms. The predicted molar refractivity (Wildman–Crippen MR) is 62.5 cm³/mol. The van der Waals surface area contributed by atoms with Crippen LogP contribution in [-0.2, 0) is 17.5 Å². The molecule has 0 aliphatic rings. The lowest BCUT2D eigenvalue weighted by Gasteiger charge is -2.12. The Bertz CT molecular complexity index is 575. The molecule has 1 atom stereocenters. The number of furan rings is 1. The number of alkyl halides is 3. The molecule has 1 N–H and O–H groups in total. The quantitative estimate of drug-likeness (QED) is 0.939. The molecular weight excluding hydrogens is 275 g/mol. The van der Waals surface area contributed by atoms with Crippen LogP contribution in [0.5, 0.6) is 0 Å². The zero-order valence-corrected chi connectivity index (χ0v) is 10.5. The predicted octanol–water partition coefficient (Wildman–Crippen LogP) is 2.37. The fourth-order valence-electron chi connectivity index (χ4n) is 1.56. The minimum absolute atomic E-state index is 0.170. The van der Waals surface area contributed by atoms with E-state index in [1.54, 1.807) is 12.1 Å². The first-order chi connectivity index (χ1) is 9.38. The average Bonchev–Trinajstić information content (AvgIpc) is 3.04. The lowest BCUT2D eigenvalue weighted by Crippen LogP contribution is -2.31. The summed E-state index contributed by atoms with van der Waals surface area (Å²) in [6, 6.07) is 3.34. The van der Waals surface area contributed by atoms with Crippen molar-refractivity contribution in [3.8, 4) is 0 Å². The zero-order chi connectivity index (χ0) is 14.8. The lowest BCUT2D eigenvalue weighted by atomic mass is 10.3. The molecule has 1 unspecified atom stereocenters. The Morgan fingerprint density at radius 1 is 1.50 bits per heavy atom. The maximum absolute atomic E-state index is 12.4. The Labute approximate surface area is 112 Å². The number of hydrogen-bond donors (Lipinski definition) is 1. The third-order valence-corrected chi connectivity index (χ3v) is 2.69. The van der Waals surface area contributed by atoms with Crippen LogP contribution < -0.4 is 5.32 Å². The largest absolute Gasteiger partial charge is 0.467 e. The van der Waals surface area contributed by atoms with Crippen LogP contribution in [0.1, 0.15) is 24.4 Å². The van der Waals surface area contributed by atoms with Gasteiger partial charge in [-0.25, -0.2) is 0 Å². The maximum atomic E-state index is 12.4. The third kappa shape index (κ3) is 3.19. The number of hydrogen-bond acceptors (Lipinski definition) is 3. The van der Waals surface area contributed by atoms with E-state index in [4.69, 9.17) is 4.42 Å². The first-order valence-corrected chi connectivity index (χ1v) is 5.80. The third-order valence-electron chi connectivity index (χ3n) is 2.69. The van der Waals surface area contributed by atoms with Gasteiger partial charge in [-0.3, -0.25) is 9.48 Å². The van der Waals surface area contributed by atoms with E-state index < -0.39 is 23.8 Å². The molecule has 0 radical (unpaired) electrons. The first kappa shape index (κ1) is 14.2. The molecule has 0 saturated carbocycles. The number of rotatable bonds is 4. The van der Waals surface area contributed by atoms with Crippen molar-refractivity contribution in [3.63, 3.8) is 0 Å². The summed E-state index contributed by atoms with van der Waals surface area (Å²) in [7, 11) is 0. The molecule has 8 heteroatoms. The Hall–Kier alpha value is -2.25. The zero-order valence-electron chi connectivity index (χ0n) is 10.5. The van der Waals surface area contributed by atoms with E-state index in [9.17, 15) is 18.0 Å². The van der Waals surface area contributed by atoms with Gasteiger partial charge in [-0.15, -0.1) is 0 Å². The first-order valence-electron chi connectivity index (χ1n) is 5.80. The smallest absolute Gasteiger partial charge is 0.435 e. The van der Waals surface area contributed by atoms with Gasteiger partial charge in [-0.05, 0) is 25.1 Å². The molecule has 2 rings (SSSR count). The van der Waals surface area contributed by atoms with Gasteiger partial charge in [0.2, 0.25) is 5.91 Å². The molecule has 5 nitrogen and oxygen atoms in total. The van der Waals surface area contributed by atoms with Crippen molar-refractivity contribution in [1.82, 2.24) is 15.1 Å². The van der Waals surface area contributed by atoms with Gasteiger partial charge in [0.25, 0.3) is 0 Å². The summed E-state index contributed by atoms with van der Waals surface area (Å²) >= 11 is 0. The second-order valence-corrected chi connectivity index (χ2v) is 4.15. The average molecular weight is 287 g/mol. The maximum Gasteiger partial charge on any atom is 0.435 e. The summed E-state index contributed by atoms with van der Waals surface area (Å²) < 4.78 is 43.2. The van der Waals surface area contributed by atoms with E-state index >= 15 is 0 Å². The Balaban J connectivity index is 1.98. The number of carbonyl (C=O) groups is 1. The van der Waals surface area contributed by atoms with Crippen LogP contribution >= 0.6 is 0 Å². The van der Waals surface area contributed by atoms with Crippen molar-refractivity contribution in [1.29, 1.82) is 0 Å². The SMILES string of the molecule is CC(C(=O)NCc1ccco1)n1ccc(C(F)(F)F)n1. The van der Waals surface area contributed by atoms with Crippen molar-refractivity contribution in [2.75, 3.05) is 0 Å². The molecule has 0 fully saturated rings. The fourth-order valence-corrected chi connectivity index (χ4v) is 1.56. The second-order valence-electron chi connectivity index (χ2n) is 4.15. The molecule has 0 aromatic carbocycles. The van der Waals surface area contributed by atoms with E-state index in [2.05, 4.69) is 10.4 Å². The van der Waals surface area contributed by atoms with Gasteiger partial charge in [0.15, 0.2) is 5.69 Å². The van der Waals surface area contributed by atoms with Gasteiger partial charge < -0.3 is 9.73 Å². The highest BCUT2D eigenvalue weighted by atomic mass is 19.4. The molecule has 2 aromatic rings. The Kier molecular flexibility index (Phi) is 3.82. The molecule has 0 bridgehead atoms. The van der Waals surface area contributed by atoms with E-state index in [-0.39, 0.29) is 6.54 Å². The van der Waals surface area contributed by atoms with Crippen molar-refractivity contribution in [3.05, 3.63) is 42.1 Å². The molecule has 1 amide bonds. The Morgan fingerprint density at radius 2 is 2.25 bits per heavy atom. The summed E-state index contributed by atoms with van der Waals surface area (Å²) in [6.45, 7) is 1.63. The van der Waals surface area contributed by atoms with Crippen molar-refractivity contribution >= 4 is 5.91 Å². The highest BCUT2D eigenvalue weighted by Crippen LogP contribution is 2.27. The highest BCUT2D eigenvalue weighted by Gasteiger charge is 2.34. The van der Waals surface area contributed by atoms with Crippen molar-refractivity contribution in [2.45, 2.75) is 25.7 Å². The summed E-state index contributed by atoms with van der Waals surface area (Å²) in [5.41, 5.74) is -1.02. The van der Waals surface area contributed by atoms with E-state index in [0.717, 1.165) is 16.9 Å². The molecule has 108 valence electrons. The van der Waals surface area contributed by atoms with Gasteiger partial charge in [-0.1, -0.05) is 0 Å². The number of nitrogens with zero attached hydrogens (tertiary/aromatic N) is 2. The monoisotopic (exact) mass is 287 g/mol. The summed E-state index contributed by atoms with van der Waals surface area (Å²) in [6.07, 6.45) is -1.93. The van der Waals surface area contributed by atoms with Crippen LogP contribution in [0.15, 0.2) is 35.1 Å². The molecule has 0 aliphatic carbocycles. The van der Waals surface area contributed by atoms with Gasteiger partial charge in [-0.2, -0.15) is 18.3 Å². The number of carbonyl (C=O) groups excluding carboxylic acids is 1. The van der Waals surface area contributed by atoms with Gasteiger partial charge >= 0.3 is 6.18 Å². The number of nitrogens with one attached hydrogen (secondary N) is 1. The van der Waals surface area contributed by atoms with Crippen LogP contribution in [0.4, 0.5) is 13.2 Å². The van der Waals surface area contributed by atoms with Crippen LogP contribution in [-0.4, -0.2) is 15.7 Å². The molecule has 2 heterocycles. The number of amides is 1. The minimum atomic E-state index is -4.52. The fraction of sp³-hybridized carbons (Fsp3) is 0.333. The van der Waals surface area contributed by atoms with Gasteiger partial charge in [0.1, 0.15) is 11.8 Å². The molecule has 0 aliphatic heterocycles. The molecule has 0 saturated heterocycles. The lowest BCUT2D eigenvalue weighted by molar-refractivity contribution is -0.142. The normalized spacial score (nSPS) is 13.2. The van der Waals surface area contributed by atoms with Crippen LogP contribution in [0.2, 0.25) is 0 Å². The number of aromatic nitrogens is 2. The summed E-state index contributed by atoms with van der Waals surface area (Å²) in [5.74, 6) is 0.111. The van der Waals surface area contributed by atoms with Crippen LogP contribution in [0, 0.1) is 0 Å². The van der Waals surface area contributed by atoms with E-state index in [0.29, 0.717) is 5.76 Å². The summed E-state index contributed by atoms with van der Waals surface area (Å²) in [5, 5.41) is 5.91. The molecule has 20 heavy (non-hydrogen) atoms. The van der Waals surface area contributed by atoms with Gasteiger partial charge in [0.05, 0.1) is 12.8 Å². The van der Waals surface area contributed by atoms with Crippen LogP contribution in [0.25, 0.3) is 0 Å². The number of halogens is 3. The van der Waals surface area contributed by atoms with E-state index in [1.165, 1.54) is 13.2 Å². The van der Waals surface area contributed by atoms with Crippen molar-refractivity contribution < 1.29 is 22.4 Å². The van der Waals surface area contributed by atoms with E-state index in [1.807, 2.05) is 0 Å². The molecule has 2 aromatic heterocycles. The highest BCUT2D eigenvalue weighted by molar-refractivity contribution is 5.79. The van der Waals surface area contributed by atoms with Gasteiger partial charge in [0, 0.05) is 6.20 Å². The standard InChI is InChI=1S/C12H12F3N3O2/c1-8(11(19)16-7-9-3-2-6-20-9)18-5-4-10(17-18)12(13,14)15/h2-6,8H,7H2,1H3,(H,16,19). The topological polar surface area (TPSA) is 60.1 Å². The molecular formula is C12H12F3N3O2. The van der Waals surface area contributed by atoms with Crippen molar-refractivity contribution in [2.24, 2.45) is 0 Å².